The van der Waals surface area contributed by atoms with Crippen molar-refractivity contribution in [1.82, 2.24) is 14.8 Å². The summed E-state index contributed by atoms with van der Waals surface area (Å²) in [4.78, 5) is 10.9. The smallest absolute Gasteiger partial charge is 0.316 e. The van der Waals surface area contributed by atoms with Gasteiger partial charge in [0.05, 0.1) is 12.9 Å². The van der Waals surface area contributed by atoms with E-state index in [-0.39, 0.29) is 11.7 Å². The number of esters is 1. The first-order valence-electron chi connectivity index (χ1n) is 4.27. The van der Waals surface area contributed by atoms with Crippen molar-refractivity contribution in [3.63, 3.8) is 0 Å². The Morgan fingerprint density at radius 2 is 2.29 bits per heavy atom. The van der Waals surface area contributed by atoms with Crippen LogP contribution in [-0.4, -0.2) is 33.6 Å². The molecule has 1 aromatic heterocycles. The zero-order chi connectivity index (χ0) is 10.6. The van der Waals surface area contributed by atoms with Crippen LogP contribution in [0.1, 0.15) is 12.7 Å². The number of hydrogen-bond acceptors (Lipinski definition) is 5. The van der Waals surface area contributed by atoms with Gasteiger partial charge in [0, 0.05) is 13.5 Å². The molecule has 0 saturated heterocycles. The Morgan fingerprint density at radius 1 is 1.57 bits per heavy atom. The largest absolute Gasteiger partial charge is 0.468 e. The molecule has 0 aromatic carbocycles. The molecule has 1 aromatic rings. The number of thioether (sulfide) groups is 1. The zero-order valence-electron chi connectivity index (χ0n) is 8.48. The van der Waals surface area contributed by atoms with E-state index in [1.165, 1.54) is 18.9 Å². The molecule has 0 N–H and O–H groups in total. The van der Waals surface area contributed by atoms with Crippen LogP contribution in [0.2, 0.25) is 0 Å². The maximum Gasteiger partial charge on any atom is 0.316 e. The second-order valence-corrected chi connectivity index (χ2v) is 3.62. The van der Waals surface area contributed by atoms with Gasteiger partial charge in [0.1, 0.15) is 5.82 Å². The molecule has 0 spiro atoms. The van der Waals surface area contributed by atoms with Gasteiger partial charge in [-0.25, -0.2) is 0 Å². The number of methoxy groups -OCH3 is 1. The van der Waals surface area contributed by atoms with Crippen LogP contribution >= 0.6 is 11.8 Å². The monoisotopic (exact) mass is 215 g/mol. The van der Waals surface area contributed by atoms with Crippen LogP contribution in [0.5, 0.6) is 0 Å². The fraction of sp³-hybridized carbons (Fsp3) is 0.625. The fourth-order valence-electron chi connectivity index (χ4n) is 0.961. The third-order valence-electron chi connectivity index (χ3n) is 1.79. The molecule has 0 radical (unpaired) electrons. The number of aromatic nitrogens is 3. The summed E-state index contributed by atoms with van der Waals surface area (Å²) in [6.45, 7) is 2.01. The summed E-state index contributed by atoms with van der Waals surface area (Å²) in [5.41, 5.74) is 0. The molecule has 78 valence electrons. The van der Waals surface area contributed by atoms with Gasteiger partial charge >= 0.3 is 5.97 Å². The first kappa shape index (κ1) is 11.0. The Bertz CT molecular complexity index is 324. The number of aryl methyl sites for hydroxylation is 1. The Labute approximate surface area is 86.8 Å². The normalized spacial score (nSPS) is 10.2. The minimum atomic E-state index is -0.254. The number of carbonyl (C=O) groups excluding carboxylic acids is 1. The van der Waals surface area contributed by atoms with Gasteiger partial charge in [0.15, 0.2) is 5.16 Å². The van der Waals surface area contributed by atoms with Crippen molar-refractivity contribution in [3.8, 4) is 0 Å². The highest BCUT2D eigenvalue weighted by Gasteiger charge is 2.09. The highest BCUT2D eigenvalue weighted by atomic mass is 32.2. The van der Waals surface area contributed by atoms with E-state index in [0.717, 1.165) is 17.4 Å². The summed E-state index contributed by atoms with van der Waals surface area (Å²) in [5.74, 6) is 0.931. The number of rotatable bonds is 4. The van der Waals surface area contributed by atoms with Crippen LogP contribution in [0.25, 0.3) is 0 Å². The van der Waals surface area contributed by atoms with Gasteiger partial charge in [0.25, 0.3) is 0 Å². The van der Waals surface area contributed by atoms with E-state index in [4.69, 9.17) is 0 Å². The molecule has 1 heterocycles. The minimum Gasteiger partial charge on any atom is -0.468 e. The molecule has 0 bridgehead atoms. The van der Waals surface area contributed by atoms with Gasteiger partial charge in [-0.05, 0) is 0 Å². The molecule has 0 fully saturated rings. The lowest BCUT2D eigenvalue weighted by Crippen LogP contribution is -2.05. The molecular formula is C8H13N3O2S. The number of carbonyl (C=O) groups is 1. The van der Waals surface area contributed by atoms with E-state index >= 15 is 0 Å². The van der Waals surface area contributed by atoms with Crippen molar-refractivity contribution in [1.29, 1.82) is 0 Å². The fourth-order valence-corrected chi connectivity index (χ4v) is 1.72. The van der Waals surface area contributed by atoms with Gasteiger partial charge in [-0.2, -0.15) is 0 Å². The van der Waals surface area contributed by atoms with Crippen molar-refractivity contribution in [2.24, 2.45) is 7.05 Å². The first-order chi connectivity index (χ1) is 6.69. The molecule has 1 rings (SSSR count). The molecule has 0 atom stereocenters. The highest BCUT2D eigenvalue weighted by Crippen LogP contribution is 2.15. The van der Waals surface area contributed by atoms with Crippen LogP contribution in [-0.2, 0) is 23.0 Å². The predicted molar refractivity (Wildman–Crippen MR) is 53.1 cm³/mol. The third-order valence-corrected chi connectivity index (χ3v) is 2.78. The van der Waals surface area contributed by atoms with Crippen LogP contribution in [0.15, 0.2) is 5.16 Å². The van der Waals surface area contributed by atoms with Crippen molar-refractivity contribution < 1.29 is 9.53 Å². The molecule has 5 nitrogen and oxygen atoms in total. The summed E-state index contributed by atoms with van der Waals surface area (Å²) < 4.78 is 6.41. The van der Waals surface area contributed by atoms with Crippen LogP contribution < -0.4 is 0 Å². The summed E-state index contributed by atoms with van der Waals surface area (Å²) >= 11 is 1.33. The quantitative estimate of drug-likeness (QED) is 0.545. The Balaban J connectivity index is 2.59. The highest BCUT2D eigenvalue weighted by molar-refractivity contribution is 7.99. The SMILES string of the molecule is CCc1nnc(SCC(=O)OC)n1C. The molecule has 0 saturated carbocycles. The van der Waals surface area contributed by atoms with Crippen molar-refractivity contribution in [2.75, 3.05) is 12.9 Å². The predicted octanol–water partition coefficient (Wildman–Crippen LogP) is 0.643. The van der Waals surface area contributed by atoms with E-state index in [0.29, 0.717) is 0 Å². The lowest BCUT2D eigenvalue weighted by molar-refractivity contribution is -0.137. The Hall–Kier alpha value is -1.04. The second-order valence-electron chi connectivity index (χ2n) is 2.68. The van der Waals surface area contributed by atoms with E-state index in [1.807, 2.05) is 18.5 Å². The molecule has 0 amide bonds. The second kappa shape index (κ2) is 4.99. The summed E-state index contributed by atoms with van der Waals surface area (Å²) in [5, 5.41) is 8.68. The number of nitrogens with zero attached hydrogens (tertiary/aromatic N) is 3. The maximum absolute atomic E-state index is 10.9. The van der Waals surface area contributed by atoms with Crippen molar-refractivity contribution in [3.05, 3.63) is 5.82 Å². The molecule has 6 heteroatoms. The van der Waals surface area contributed by atoms with E-state index in [2.05, 4.69) is 14.9 Å². The molecule has 0 aliphatic carbocycles. The Morgan fingerprint density at radius 3 is 2.79 bits per heavy atom. The van der Waals surface area contributed by atoms with Gasteiger partial charge in [-0.3, -0.25) is 4.79 Å². The maximum atomic E-state index is 10.9. The standard InChI is InChI=1S/C8H13N3O2S/c1-4-6-9-10-8(11(6)2)14-5-7(12)13-3/h4-5H2,1-3H3. The summed E-state index contributed by atoms with van der Waals surface area (Å²) in [6.07, 6.45) is 0.836. The molecule has 0 unspecified atom stereocenters. The zero-order valence-corrected chi connectivity index (χ0v) is 9.30. The van der Waals surface area contributed by atoms with E-state index < -0.39 is 0 Å². The molecular weight excluding hydrogens is 202 g/mol. The van der Waals surface area contributed by atoms with Gasteiger partial charge < -0.3 is 9.30 Å². The first-order valence-corrected chi connectivity index (χ1v) is 5.25. The summed E-state index contributed by atoms with van der Waals surface area (Å²) in [7, 11) is 3.26. The average Bonchev–Trinajstić information content (AvgIpc) is 2.56. The summed E-state index contributed by atoms with van der Waals surface area (Å²) in [6, 6.07) is 0. The minimum absolute atomic E-state index is 0.254. The number of ether oxygens (including phenoxy) is 1. The van der Waals surface area contributed by atoms with Gasteiger partial charge in [-0.15, -0.1) is 10.2 Å². The molecule has 0 aliphatic rings. The van der Waals surface area contributed by atoms with Crippen LogP contribution in [0.4, 0.5) is 0 Å². The lowest BCUT2D eigenvalue weighted by Gasteiger charge is -2.00. The van der Waals surface area contributed by atoms with E-state index in [9.17, 15) is 4.79 Å². The molecule has 14 heavy (non-hydrogen) atoms. The molecule has 0 aliphatic heterocycles. The Kier molecular flexibility index (Phi) is 3.94. The van der Waals surface area contributed by atoms with Gasteiger partial charge in [0.2, 0.25) is 0 Å². The average molecular weight is 215 g/mol. The topological polar surface area (TPSA) is 57.0 Å². The number of hydrogen-bond donors (Lipinski definition) is 0. The van der Waals surface area contributed by atoms with Gasteiger partial charge in [-0.1, -0.05) is 18.7 Å². The lowest BCUT2D eigenvalue weighted by atomic mass is 10.5. The van der Waals surface area contributed by atoms with E-state index in [1.54, 1.807) is 0 Å². The van der Waals surface area contributed by atoms with Crippen molar-refractivity contribution >= 4 is 17.7 Å². The van der Waals surface area contributed by atoms with Crippen LogP contribution in [0, 0.1) is 0 Å². The third kappa shape index (κ3) is 2.47. The van der Waals surface area contributed by atoms with Crippen molar-refractivity contribution in [2.45, 2.75) is 18.5 Å². The van der Waals surface area contributed by atoms with Crippen LogP contribution in [0.3, 0.4) is 0 Å².